The number of aliphatic hydroxyl groups is 1. The van der Waals surface area contributed by atoms with Gasteiger partial charge in [-0.15, -0.1) is 0 Å². The molecule has 0 aliphatic heterocycles. The first-order valence-corrected chi connectivity index (χ1v) is 14.9. The molecule has 0 aliphatic carbocycles. The monoisotopic (exact) mass is 614 g/mol. The van der Waals surface area contributed by atoms with Crippen molar-refractivity contribution >= 4 is 72.9 Å². The third kappa shape index (κ3) is 8.68. The summed E-state index contributed by atoms with van der Waals surface area (Å²) in [7, 11) is 0. The molecule has 0 saturated heterocycles. The molecule has 43 heavy (non-hydrogen) atoms. The molecule has 0 aromatic heterocycles. The summed E-state index contributed by atoms with van der Waals surface area (Å²) in [5.41, 5.74) is 15.4. The highest BCUT2D eigenvalue weighted by atomic mass is 32.1. The van der Waals surface area contributed by atoms with Crippen molar-refractivity contribution in [3.05, 3.63) is 109 Å². The Labute approximate surface area is 262 Å². The van der Waals surface area contributed by atoms with Crippen molar-refractivity contribution in [3.8, 4) is 11.5 Å². The molecular weight excluding hydrogens is 582 g/mol. The molecule has 0 aliphatic rings. The van der Waals surface area contributed by atoms with Crippen LogP contribution in [0.3, 0.4) is 0 Å². The fourth-order valence-corrected chi connectivity index (χ4v) is 4.49. The van der Waals surface area contributed by atoms with E-state index in [1.54, 1.807) is 48.5 Å². The fraction of sp³-hybridized carbons (Fsp3) is 0.161. The number of aliphatic hydroxyl groups excluding tert-OH is 1. The van der Waals surface area contributed by atoms with Crippen LogP contribution in [0.25, 0.3) is 0 Å². The molecule has 0 bridgehead atoms. The first-order chi connectivity index (χ1) is 20.8. The largest absolute Gasteiger partial charge is 0.525 e. The standard InChI is InChI=1S/C31H32B2N2O6S2/c34-28(19-42)30(37)40-32(22-4-2-1-3-5-22)24-10-14-26(15-11-24)39-27-16-12-25(13-17-27)33(41-31(38)29(35)20-43)23-8-6-21(18-36)7-9-23/h1-17,28-29,36,42-43H,18-20,34-35H2. The lowest BCUT2D eigenvalue weighted by Gasteiger charge is -2.18. The normalized spacial score (nSPS) is 12.1. The van der Waals surface area contributed by atoms with Crippen LogP contribution in [-0.2, 0) is 25.5 Å². The van der Waals surface area contributed by atoms with Gasteiger partial charge in [0.2, 0.25) is 0 Å². The lowest BCUT2D eigenvalue weighted by molar-refractivity contribution is -0.136. The molecule has 0 fully saturated rings. The van der Waals surface area contributed by atoms with Crippen molar-refractivity contribution in [2.75, 3.05) is 11.5 Å². The highest BCUT2D eigenvalue weighted by molar-refractivity contribution is 7.80. The number of carbonyl (C=O) groups is 2. The van der Waals surface area contributed by atoms with Crippen molar-refractivity contribution < 1.29 is 28.7 Å². The lowest BCUT2D eigenvalue weighted by atomic mass is 9.55. The van der Waals surface area contributed by atoms with E-state index in [0.717, 1.165) is 22.0 Å². The number of rotatable bonds is 13. The van der Waals surface area contributed by atoms with E-state index in [0.29, 0.717) is 17.0 Å². The minimum atomic E-state index is -0.863. The Morgan fingerprint density at radius 2 is 1.00 bits per heavy atom. The summed E-state index contributed by atoms with van der Waals surface area (Å²) >= 11 is 8.20. The molecule has 0 heterocycles. The van der Waals surface area contributed by atoms with Crippen LogP contribution in [0, 0.1) is 0 Å². The van der Waals surface area contributed by atoms with E-state index in [2.05, 4.69) is 25.3 Å². The second-order valence-corrected chi connectivity index (χ2v) is 10.5. The molecular formula is C31H32B2N2O6S2. The number of ether oxygens (including phenoxy) is 1. The Balaban J connectivity index is 1.52. The summed E-state index contributed by atoms with van der Waals surface area (Å²) in [4.78, 5) is 25.0. The number of hydrogen-bond acceptors (Lipinski definition) is 10. The molecule has 0 spiro atoms. The highest BCUT2D eigenvalue weighted by Crippen LogP contribution is 2.20. The van der Waals surface area contributed by atoms with Crippen LogP contribution >= 0.6 is 25.3 Å². The van der Waals surface area contributed by atoms with Gasteiger partial charge in [-0.2, -0.15) is 25.3 Å². The van der Waals surface area contributed by atoms with Crippen LogP contribution in [0.4, 0.5) is 0 Å². The summed E-state index contributed by atoms with van der Waals surface area (Å²) < 4.78 is 17.6. The van der Waals surface area contributed by atoms with Crippen LogP contribution in [-0.4, -0.2) is 54.5 Å². The van der Waals surface area contributed by atoms with Crippen LogP contribution < -0.4 is 38.1 Å². The molecule has 8 nitrogen and oxygen atoms in total. The van der Waals surface area contributed by atoms with Gasteiger partial charge in [0, 0.05) is 11.5 Å². The van der Waals surface area contributed by atoms with Gasteiger partial charge in [-0.3, -0.25) is 9.59 Å². The quantitative estimate of drug-likeness (QED) is 0.110. The average Bonchev–Trinajstić information content (AvgIpc) is 3.06. The summed E-state index contributed by atoms with van der Waals surface area (Å²) in [6.45, 7) is -1.45. The molecule has 220 valence electrons. The molecule has 0 amide bonds. The first kappa shape index (κ1) is 32.2. The number of thiol groups is 2. The van der Waals surface area contributed by atoms with E-state index < -0.39 is 37.9 Å². The van der Waals surface area contributed by atoms with Crippen molar-refractivity contribution in [3.63, 3.8) is 0 Å². The molecule has 4 aromatic carbocycles. The van der Waals surface area contributed by atoms with Gasteiger partial charge in [-0.05, 0) is 51.7 Å². The predicted octanol–water partition coefficient (Wildman–Crippen LogP) is 0.783. The van der Waals surface area contributed by atoms with Crippen LogP contribution in [0.5, 0.6) is 11.5 Å². The zero-order chi connectivity index (χ0) is 30.8. The summed E-state index contributed by atoms with van der Waals surface area (Å²) in [6, 6.07) is 29.3. The molecule has 4 aromatic rings. The highest BCUT2D eigenvalue weighted by Gasteiger charge is 2.29. The number of hydrogen-bond donors (Lipinski definition) is 5. The second kappa shape index (κ2) is 15.7. The van der Waals surface area contributed by atoms with Crippen molar-refractivity contribution in [2.24, 2.45) is 11.5 Å². The van der Waals surface area contributed by atoms with Crippen molar-refractivity contribution in [2.45, 2.75) is 18.7 Å². The van der Waals surface area contributed by atoms with E-state index in [1.165, 1.54) is 0 Å². The SMILES string of the molecule is NC(CS)C(=O)OB(c1ccccc1)c1ccc(Oc2ccc(B(OC(=O)C(N)CS)c3ccc(CO)cc3)cc2)cc1. The maximum Gasteiger partial charge on any atom is 0.429 e. The smallest absolute Gasteiger partial charge is 0.429 e. The summed E-state index contributed by atoms with van der Waals surface area (Å²) in [5.74, 6) is 0.357. The average molecular weight is 614 g/mol. The zero-order valence-electron chi connectivity index (χ0n) is 23.3. The van der Waals surface area contributed by atoms with Gasteiger partial charge in [0.15, 0.2) is 0 Å². The molecule has 0 saturated carbocycles. The predicted molar refractivity (Wildman–Crippen MR) is 178 cm³/mol. The Bertz CT molecular complexity index is 1480. The number of nitrogens with two attached hydrogens (primary N) is 2. The van der Waals surface area contributed by atoms with E-state index in [-0.39, 0.29) is 18.1 Å². The first-order valence-electron chi connectivity index (χ1n) is 13.6. The molecule has 12 heteroatoms. The van der Waals surface area contributed by atoms with Crippen LogP contribution in [0.15, 0.2) is 103 Å². The van der Waals surface area contributed by atoms with Gasteiger partial charge in [-0.1, -0.05) is 78.9 Å². The Hall–Kier alpha value is -3.67. The Morgan fingerprint density at radius 1 is 0.628 bits per heavy atom. The lowest BCUT2D eigenvalue weighted by Crippen LogP contribution is -2.49. The zero-order valence-corrected chi connectivity index (χ0v) is 25.1. The van der Waals surface area contributed by atoms with Gasteiger partial charge in [0.05, 0.1) is 6.61 Å². The maximum absolute atomic E-state index is 12.5. The van der Waals surface area contributed by atoms with Crippen LogP contribution in [0.1, 0.15) is 5.56 Å². The van der Waals surface area contributed by atoms with Gasteiger partial charge >= 0.3 is 25.8 Å². The van der Waals surface area contributed by atoms with E-state index >= 15 is 0 Å². The fourth-order valence-electron chi connectivity index (χ4n) is 4.20. The Kier molecular flexibility index (Phi) is 11.8. The van der Waals surface area contributed by atoms with Crippen molar-refractivity contribution in [1.29, 1.82) is 0 Å². The van der Waals surface area contributed by atoms with Crippen LogP contribution in [0.2, 0.25) is 0 Å². The van der Waals surface area contributed by atoms with Gasteiger partial charge < -0.3 is 30.6 Å². The third-order valence-electron chi connectivity index (χ3n) is 6.64. The van der Waals surface area contributed by atoms with E-state index in [1.807, 2.05) is 54.6 Å². The molecule has 4 rings (SSSR count). The summed E-state index contributed by atoms with van der Waals surface area (Å²) in [6.07, 6.45) is 0. The van der Waals surface area contributed by atoms with Gasteiger partial charge in [0.25, 0.3) is 0 Å². The number of carbonyl (C=O) groups excluding carboxylic acids is 2. The molecule has 0 radical (unpaired) electrons. The third-order valence-corrected chi connectivity index (χ3v) is 7.42. The number of benzene rings is 4. The molecule has 2 atom stereocenters. The molecule has 2 unspecified atom stereocenters. The van der Waals surface area contributed by atoms with E-state index in [4.69, 9.17) is 25.5 Å². The van der Waals surface area contributed by atoms with Crippen molar-refractivity contribution in [1.82, 2.24) is 0 Å². The minimum Gasteiger partial charge on any atom is -0.525 e. The summed E-state index contributed by atoms with van der Waals surface area (Å²) in [5, 5.41) is 9.39. The van der Waals surface area contributed by atoms with Gasteiger partial charge in [0.1, 0.15) is 23.6 Å². The topological polar surface area (TPSA) is 134 Å². The van der Waals surface area contributed by atoms with Gasteiger partial charge in [-0.25, -0.2) is 0 Å². The Morgan fingerprint density at radius 3 is 1.37 bits per heavy atom. The second-order valence-electron chi connectivity index (χ2n) is 9.76. The van der Waals surface area contributed by atoms with E-state index in [9.17, 15) is 14.7 Å². The molecule has 5 N–H and O–H groups in total. The maximum atomic E-state index is 12.5. The minimum absolute atomic E-state index is 0.0927.